The molecule has 410 valence electrons. The fourth-order valence-electron chi connectivity index (χ4n) is 14.9. The van der Waals surface area contributed by atoms with Crippen LogP contribution in [0.2, 0.25) is 0 Å². The fourth-order valence-corrected chi connectivity index (χ4v) is 14.9. The van der Waals surface area contributed by atoms with Crippen molar-refractivity contribution in [1.29, 1.82) is 0 Å². The van der Waals surface area contributed by atoms with E-state index in [1.165, 1.54) is 76.3 Å². The lowest BCUT2D eigenvalue weighted by molar-refractivity contribution is 0.604. The number of benzene rings is 12. The summed E-state index contributed by atoms with van der Waals surface area (Å²) in [6, 6.07) is 89.0. The topological polar surface area (TPSA) is 41.6 Å². The maximum Gasteiger partial charge on any atom is 0.159 e. The number of anilines is 6. The molecule has 0 aliphatic heterocycles. The van der Waals surface area contributed by atoms with Crippen molar-refractivity contribution < 1.29 is 8.83 Å². The molecule has 6 aromatic heterocycles. The first-order chi connectivity index (χ1) is 43.0. The minimum absolute atomic E-state index is 0.748. The summed E-state index contributed by atoms with van der Waals surface area (Å²) in [6.45, 7) is 10.6. The highest BCUT2D eigenvalue weighted by molar-refractivity contribution is 6.38. The number of hydrogen-bond donors (Lipinski definition) is 0. The van der Waals surface area contributed by atoms with Gasteiger partial charge in [-0.05, 0) is 104 Å². The molecule has 0 radical (unpaired) electrons. The van der Waals surface area contributed by atoms with E-state index < -0.39 is 0 Å². The molecule has 12 aromatic carbocycles. The number of furan rings is 2. The van der Waals surface area contributed by atoms with Crippen LogP contribution in [0.3, 0.4) is 0 Å². The van der Waals surface area contributed by atoms with Crippen molar-refractivity contribution in [2.45, 2.75) is 20.8 Å². The highest BCUT2D eigenvalue weighted by Crippen LogP contribution is 2.56. The van der Waals surface area contributed by atoms with Crippen molar-refractivity contribution in [3.63, 3.8) is 0 Å². The van der Waals surface area contributed by atoms with Crippen LogP contribution in [0.4, 0.5) is 34.1 Å². The number of aromatic nitrogens is 2. The van der Waals surface area contributed by atoms with Gasteiger partial charge >= 0.3 is 0 Å². The molecule has 0 fully saturated rings. The highest BCUT2D eigenvalue weighted by atomic mass is 16.3. The van der Waals surface area contributed by atoms with Crippen molar-refractivity contribution >= 4 is 155 Å². The summed E-state index contributed by atoms with van der Waals surface area (Å²) in [6.07, 6.45) is 6.00. The number of fused-ring (bicyclic) bond motifs is 16. The van der Waals surface area contributed by atoms with Crippen LogP contribution in [-0.4, -0.2) is 8.80 Å². The van der Waals surface area contributed by atoms with Crippen molar-refractivity contribution in [3.8, 4) is 22.3 Å². The van der Waals surface area contributed by atoms with Gasteiger partial charge in [0, 0.05) is 98.7 Å². The summed E-state index contributed by atoms with van der Waals surface area (Å²) < 4.78 is 18.9. The second-order valence-electron chi connectivity index (χ2n) is 23.1. The highest BCUT2D eigenvalue weighted by Gasteiger charge is 2.32. The second kappa shape index (κ2) is 18.6. The van der Waals surface area contributed by atoms with Crippen molar-refractivity contribution in [2.24, 2.45) is 0 Å². The van der Waals surface area contributed by atoms with Crippen LogP contribution in [0.15, 0.2) is 264 Å². The SMILES string of the molecule is C=Cc1oc2c(N(c3ccc4c5cccc6c7c(-c8ccccc8)c8c(c(-c9ccccc9)c7n(c4c3)c56)c3cccc4c5ccc(N(c6ccccc6C)c6cccc7c6oc6ccccc67)cc5n8c43)c3ccccc3C)cccc2c1/C=C\C. The first-order valence-corrected chi connectivity index (χ1v) is 29.9. The summed E-state index contributed by atoms with van der Waals surface area (Å²) in [5, 5.41) is 12.9. The second-order valence-corrected chi connectivity index (χ2v) is 23.1. The minimum Gasteiger partial charge on any atom is -0.454 e. The van der Waals surface area contributed by atoms with Gasteiger partial charge in [-0.2, -0.15) is 0 Å². The zero-order valence-electron chi connectivity index (χ0n) is 48.1. The zero-order chi connectivity index (χ0) is 57.8. The Hall–Kier alpha value is -11.3. The summed E-state index contributed by atoms with van der Waals surface area (Å²) in [5.74, 6) is 0.748. The molecule has 6 nitrogen and oxygen atoms in total. The molecule has 0 saturated carbocycles. The van der Waals surface area contributed by atoms with Crippen molar-refractivity contribution in [3.05, 3.63) is 278 Å². The summed E-state index contributed by atoms with van der Waals surface area (Å²) >= 11 is 0. The molecule has 18 rings (SSSR count). The third kappa shape index (κ3) is 6.81. The fraction of sp³-hybridized carbons (Fsp3) is 0.0370. The lowest BCUT2D eigenvalue weighted by Gasteiger charge is -2.27. The molecule has 0 aliphatic carbocycles. The largest absolute Gasteiger partial charge is 0.454 e. The molecule has 0 N–H and O–H groups in total. The molecular formula is C81H54N4O2. The molecule has 6 heterocycles. The number of nitrogens with zero attached hydrogens (tertiary/aromatic N) is 4. The standard InChI is InChI=1S/C81H54N4O2/c1-5-23-56-60-33-21-39-66(80(60)86-70(56)6-2)82(64-37-16-13-24-48(64)3)52-42-44-54-58-31-19-35-62-74-73(51-28-11-8-12-29-51)79-75(72(50-26-9-7-10-27-50)78(74)84(76(58)62)68(54)46-52)63-36-20-32-59-55-45-43-53(47-69(55)85(79)77(59)63)83(65-38-17-14-25-49(65)4)67-40-22-34-61-57-30-15-18-41-71(57)87-81(61)67/h5-47H,2H2,1,3-4H3/b23-5-. The summed E-state index contributed by atoms with van der Waals surface area (Å²) in [5.41, 5.74) is 23.7. The van der Waals surface area contributed by atoms with Crippen LogP contribution in [0.1, 0.15) is 29.4 Å². The maximum absolute atomic E-state index is 6.85. The van der Waals surface area contributed by atoms with Crippen LogP contribution in [0, 0.1) is 13.8 Å². The Morgan fingerprint density at radius 3 is 1.34 bits per heavy atom. The van der Waals surface area contributed by atoms with Gasteiger partial charge in [0.2, 0.25) is 0 Å². The number of allylic oxidation sites excluding steroid dienone is 1. The summed E-state index contributed by atoms with van der Waals surface area (Å²) in [7, 11) is 0. The molecule has 0 amide bonds. The third-order valence-electron chi connectivity index (χ3n) is 18.5. The Labute approximate surface area is 500 Å². The summed E-state index contributed by atoms with van der Waals surface area (Å²) in [4.78, 5) is 4.79. The molecule has 0 unspecified atom stereocenters. The van der Waals surface area contributed by atoms with E-state index in [0.29, 0.717) is 0 Å². The Kier molecular flexibility index (Phi) is 10.5. The van der Waals surface area contributed by atoms with Crippen LogP contribution in [0.5, 0.6) is 0 Å². The van der Waals surface area contributed by atoms with Gasteiger partial charge in [0.15, 0.2) is 11.2 Å². The van der Waals surface area contributed by atoms with Gasteiger partial charge in [-0.3, -0.25) is 0 Å². The maximum atomic E-state index is 6.85. The van der Waals surface area contributed by atoms with E-state index >= 15 is 0 Å². The van der Waals surface area contributed by atoms with Gasteiger partial charge < -0.3 is 27.4 Å². The quantitative estimate of drug-likeness (QED) is 0.137. The van der Waals surface area contributed by atoms with Gasteiger partial charge in [0.1, 0.15) is 11.3 Å². The number of rotatable bonds is 10. The van der Waals surface area contributed by atoms with Crippen LogP contribution in [-0.2, 0) is 0 Å². The predicted molar refractivity (Wildman–Crippen MR) is 367 cm³/mol. The lowest BCUT2D eigenvalue weighted by Crippen LogP contribution is -2.11. The number of hydrogen-bond acceptors (Lipinski definition) is 4. The van der Waals surface area contributed by atoms with Gasteiger partial charge in [0.05, 0.1) is 44.5 Å². The predicted octanol–water partition coefficient (Wildman–Crippen LogP) is 23.2. The van der Waals surface area contributed by atoms with E-state index in [9.17, 15) is 0 Å². The average Bonchev–Trinajstić information content (AvgIpc) is 1.54. The first-order valence-electron chi connectivity index (χ1n) is 29.9. The Morgan fingerprint density at radius 2 is 0.816 bits per heavy atom. The van der Waals surface area contributed by atoms with Crippen LogP contribution >= 0.6 is 0 Å². The van der Waals surface area contributed by atoms with Crippen molar-refractivity contribution in [2.75, 3.05) is 9.80 Å². The molecule has 87 heavy (non-hydrogen) atoms. The molecule has 0 atom stereocenters. The molecule has 18 aromatic rings. The Balaban J connectivity index is 0.987. The molecule has 0 spiro atoms. The van der Waals surface area contributed by atoms with E-state index in [1.54, 1.807) is 0 Å². The first kappa shape index (κ1) is 49.1. The zero-order valence-corrected chi connectivity index (χ0v) is 48.1. The van der Waals surface area contributed by atoms with E-state index in [4.69, 9.17) is 8.83 Å². The monoisotopic (exact) mass is 1110 g/mol. The minimum atomic E-state index is 0.748. The van der Waals surface area contributed by atoms with Crippen molar-refractivity contribution in [1.82, 2.24) is 8.80 Å². The Morgan fingerprint density at radius 1 is 0.379 bits per heavy atom. The average molecular weight is 1120 g/mol. The van der Waals surface area contributed by atoms with E-state index in [0.717, 1.165) is 112 Å². The molecular weight excluding hydrogens is 1060 g/mol. The lowest BCUT2D eigenvalue weighted by atomic mass is 9.89. The number of para-hydroxylation sites is 7. The van der Waals surface area contributed by atoms with E-state index in [2.05, 4.69) is 288 Å². The normalized spacial score (nSPS) is 12.3. The van der Waals surface area contributed by atoms with E-state index in [-0.39, 0.29) is 0 Å². The number of aryl methyl sites for hydroxylation is 2. The molecule has 0 bridgehead atoms. The van der Waals surface area contributed by atoms with E-state index in [1.807, 2.05) is 19.1 Å². The molecule has 0 saturated heterocycles. The molecule has 0 aliphatic rings. The smallest absolute Gasteiger partial charge is 0.159 e. The Bertz CT molecular complexity index is 5900. The van der Waals surface area contributed by atoms with Gasteiger partial charge in [-0.25, -0.2) is 0 Å². The van der Waals surface area contributed by atoms with Gasteiger partial charge in [-0.1, -0.05) is 207 Å². The van der Waals surface area contributed by atoms with Gasteiger partial charge in [-0.15, -0.1) is 0 Å². The third-order valence-corrected chi connectivity index (χ3v) is 18.5. The van der Waals surface area contributed by atoms with Crippen LogP contribution < -0.4 is 9.80 Å². The van der Waals surface area contributed by atoms with Crippen LogP contribution in [0.25, 0.3) is 144 Å². The van der Waals surface area contributed by atoms with Gasteiger partial charge in [0.25, 0.3) is 0 Å². The molecule has 6 heteroatoms.